The molecule has 0 rings (SSSR count). The van der Waals surface area contributed by atoms with Crippen LogP contribution in [0.25, 0.3) is 0 Å². The summed E-state index contributed by atoms with van der Waals surface area (Å²) < 4.78 is 0. The molecule has 4 heavy (non-hydrogen) atoms. The van der Waals surface area contributed by atoms with Crippen molar-refractivity contribution in [2.45, 2.75) is 0 Å². The molecule has 4 heteroatoms. The Morgan fingerprint density at radius 1 is 1.00 bits per heavy atom. The minimum atomic E-state index is 0. The summed E-state index contributed by atoms with van der Waals surface area (Å²) in [6, 6.07) is 0. The van der Waals surface area contributed by atoms with E-state index < -0.39 is 0 Å². The van der Waals surface area contributed by atoms with Crippen molar-refractivity contribution < 1.29 is 17.1 Å². The molecule has 0 saturated heterocycles. The Bertz CT molecular complexity index is 8.00. The van der Waals surface area contributed by atoms with Gasteiger partial charge in [0.15, 0.2) is 0 Å². The first-order valence-electron chi connectivity index (χ1n) is 0. The summed E-state index contributed by atoms with van der Waals surface area (Å²) in [6.45, 7) is 0. The Balaban J connectivity index is 0. The average molecular weight is 324 g/mol. The van der Waals surface area contributed by atoms with Crippen LogP contribution in [-0.4, -0.2) is 67.7 Å². The van der Waals surface area contributed by atoms with Crippen LogP contribution in [0, 0.1) is 0 Å². The van der Waals surface area contributed by atoms with Gasteiger partial charge in [-0.05, 0) is 0 Å². The number of hydrogen-bond donors (Lipinski definition) is 0. The molecule has 0 aliphatic heterocycles. The summed E-state index contributed by atoms with van der Waals surface area (Å²) in [4.78, 5) is 0. The van der Waals surface area contributed by atoms with E-state index in [1.54, 1.807) is 0 Å². The summed E-state index contributed by atoms with van der Waals surface area (Å²) in [5, 5.41) is 0. The van der Waals surface area contributed by atoms with E-state index in [1.807, 2.05) is 0 Å². The molecular formula is H2AlCuMgPb. The zero-order chi connectivity index (χ0) is 0. The molecule has 0 aromatic heterocycles. The fourth-order valence-electron chi connectivity index (χ4n) is 0. The van der Waals surface area contributed by atoms with Crippen molar-refractivity contribution in [3.05, 3.63) is 0 Å². The van der Waals surface area contributed by atoms with E-state index in [0.717, 1.165) is 0 Å². The summed E-state index contributed by atoms with van der Waals surface area (Å²) in [7, 11) is 0. The second-order valence-corrected chi connectivity index (χ2v) is 0. The molecule has 0 amide bonds. The third kappa shape index (κ3) is 8.83. The van der Waals surface area contributed by atoms with E-state index in [2.05, 4.69) is 0 Å². The largest absolute Gasteiger partial charge is 0.316 e. The van der Waals surface area contributed by atoms with Gasteiger partial charge in [0.05, 0.1) is 0 Å². The molecule has 0 heterocycles. The summed E-state index contributed by atoms with van der Waals surface area (Å²) >= 11 is 0. The third-order valence-electron chi connectivity index (χ3n) is 0. The van der Waals surface area contributed by atoms with Crippen LogP contribution in [0.2, 0.25) is 0 Å². The van der Waals surface area contributed by atoms with Crippen molar-refractivity contribution in [2.75, 3.05) is 0 Å². The molecule has 0 fully saturated rings. The Kier molecular flexibility index (Phi) is 127. The Labute approximate surface area is 83.4 Å². The van der Waals surface area contributed by atoms with Crippen LogP contribution in [0.15, 0.2) is 0 Å². The van der Waals surface area contributed by atoms with Gasteiger partial charge in [-0.15, -0.1) is 0 Å². The number of rotatable bonds is 0. The second kappa shape index (κ2) is 17.2. The van der Waals surface area contributed by atoms with E-state index in [9.17, 15) is 0 Å². The smallest absolute Gasteiger partial charge is 0 e. The van der Waals surface area contributed by atoms with Crippen LogP contribution in [0.4, 0.5) is 0 Å². The predicted octanol–water partition coefficient (Wildman–Crippen LogP) is -1.68. The first kappa shape index (κ1) is 29.6. The van der Waals surface area contributed by atoms with Gasteiger partial charge in [0.2, 0.25) is 0 Å². The standard InChI is InChI=1S/Al.Cu.Mg.Pb.2H. The van der Waals surface area contributed by atoms with Crippen molar-refractivity contribution in [1.29, 1.82) is 0 Å². The van der Waals surface area contributed by atoms with Crippen LogP contribution in [0.5, 0.6) is 0 Å². The van der Waals surface area contributed by atoms with E-state index in [1.165, 1.54) is 0 Å². The van der Waals surface area contributed by atoms with Gasteiger partial charge < -0.3 is 0 Å². The summed E-state index contributed by atoms with van der Waals surface area (Å²) in [5.41, 5.74) is 0. The normalized spacial score (nSPS) is 0. The quantitative estimate of drug-likeness (QED) is 0.467. The maximum atomic E-state index is 0. The Morgan fingerprint density at radius 3 is 1.00 bits per heavy atom. The molecule has 0 N–H and O–H groups in total. The fourth-order valence-corrected chi connectivity index (χ4v) is 0. The minimum absolute atomic E-state index is 0. The van der Waals surface area contributed by atoms with Crippen molar-refractivity contribution in [3.63, 3.8) is 0 Å². The molecule has 0 aromatic carbocycles. The molecule has 0 aromatic rings. The van der Waals surface area contributed by atoms with Crippen molar-refractivity contribution >= 4 is 67.7 Å². The van der Waals surface area contributed by atoms with Gasteiger partial charge in [-0.1, -0.05) is 0 Å². The van der Waals surface area contributed by atoms with Gasteiger partial charge in [0.1, 0.15) is 0 Å². The third-order valence-corrected chi connectivity index (χ3v) is 0. The van der Waals surface area contributed by atoms with E-state index in [4.69, 9.17) is 0 Å². The minimum Gasteiger partial charge on any atom is 0 e. The topological polar surface area (TPSA) is 0 Å². The summed E-state index contributed by atoms with van der Waals surface area (Å²) in [6.07, 6.45) is 0. The molecule has 0 aliphatic carbocycles. The Hall–Kier alpha value is 2.74. The molecule has 0 nitrogen and oxygen atoms in total. The van der Waals surface area contributed by atoms with Crippen molar-refractivity contribution in [2.24, 2.45) is 0 Å². The zero-order valence-electron chi connectivity index (χ0n) is 1.38. The predicted molar refractivity (Wildman–Crippen MR) is 20.1 cm³/mol. The van der Waals surface area contributed by atoms with E-state index in [0.29, 0.717) is 0 Å². The van der Waals surface area contributed by atoms with Gasteiger partial charge in [0, 0.05) is 61.7 Å². The molecule has 8 radical (unpaired) electrons. The molecular weight excluding hydrogens is 322 g/mol. The molecule has 0 bridgehead atoms. The first-order valence-corrected chi connectivity index (χ1v) is 0. The summed E-state index contributed by atoms with van der Waals surface area (Å²) in [5.74, 6) is 0. The molecule has 22 valence electrons. The molecule has 0 aliphatic rings. The van der Waals surface area contributed by atoms with E-state index in [-0.39, 0.29) is 84.8 Å². The Morgan fingerprint density at radius 2 is 1.00 bits per heavy atom. The van der Waals surface area contributed by atoms with Crippen LogP contribution < -0.4 is 0 Å². The fraction of sp³-hybridized carbons (Fsp3) is 0. The van der Waals surface area contributed by atoms with Gasteiger partial charge in [-0.2, -0.15) is 0 Å². The monoisotopic (exact) mass is 324 g/mol. The molecule has 0 unspecified atom stereocenters. The van der Waals surface area contributed by atoms with Crippen LogP contribution in [0.3, 0.4) is 0 Å². The van der Waals surface area contributed by atoms with Crippen LogP contribution >= 0.6 is 0 Å². The first-order chi connectivity index (χ1) is 0. The van der Waals surface area contributed by atoms with E-state index >= 15 is 0 Å². The molecule has 0 spiro atoms. The second-order valence-electron chi connectivity index (χ2n) is 0. The van der Waals surface area contributed by atoms with Crippen LogP contribution in [-0.2, 0) is 17.1 Å². The molecule has 0 saturated carbocycles. The van der Waals surface area contributed by atoms with Crippen molar-refractivity contribution in [1.82, 2.24) is 0 Å². The van der Waals surface area contributed by atoms with Gasteiger partial charge in [-0.25, -0.2) is 0 Å². The SMILES string of the molecule is [Al].[Cu].[MgH2].[Pb]. The van der Waals surface area contributed by atoms with Crippen LogP contribution in [0.1, 0.15) is 0 Å². The number of hydrogen-bond acceptors (Lipinski definition) is 0. The maximum Gasteiger partial charge on any atom is 0.316 e. The average Bonchev–Trinajstić information content (AvgIpc) is 0. The van der Waals surface area contributed by atoms with Gasteiger partial charge >= 0.3 is 23.1 Å². The van der Waals surface area contributed by atoms with Gasteiger partial charge in [-0.3, -0.25) is 0 Å². The van der Waals surface area contributed by atoms with Gasteiger partial charge in [0.25, 0.3) is 0 Å². The zero-order valence-corrected chi connectivity index (χ0v) is 7.36. The molecule has 0 atom stereocenters. The maximum absolute atomic E-state index is 0. The van der Waals surface area contributed by atoms with Crippen molar-refractivity contribution in [3.8, 4) is 0 Å².